The molecule has 0 saturated heterocycles. The average molecular weight is 666 g/mol. The minimum Gasteiger partial charge on any atom is -0.352 e. The van der Waals surface area contributed by atoms with Crippen molar-refractivity contribution in [3.05, 3.63) is 98.9 Å². The maximum Gasteiger partial charge on any atom is 0.416 e. The summed E-state index contributed by atoms with van der Waals surface area (Å²) in [7, 11) is 0. The predicted octanol–water partition coefficient (Wildman–Crippen LogP) is 7.97. The summed E-state index contributed by atoms with van der Waals surface area (Å²) in [6.07, 6.45) is -8.38. The quantitative estimate of drug-likeness (QED) is 0.278. The highest BCUT2D eigenvalue weighted by molar-refractivity contribution is 5.90. The van der Waals surface area contributed by atoms with Crippen LogP contribution >= 0.6 is 0 Å². The van der Waals surface area contributed by atoms with E-state index in [2.05, 4.69) is 5.32 Å². The Morgan fingerprint density at radius 1 is 1.00 bits per heavy atom. The number of allylic oxidation sites excluding steroid dienone is 2. The van der Waals surface area contributed by atoms with E-state index in [0.29, 0.717) is 47.1 Å². The molecule has 3 aliphatic rings. The second kappa shape index (κ2) is 10.1. The third-order valence-corrected chi connectivity index (χ3v) is 9.71. The van der Waals surface area contributed by atoms with Gasteiger partial charge in [-0.15, -0.1) is 0 Å². The van der Waals surface area contributed by atoms with E-state index in [1.165, 1.54) is 13.8 Å². The summed E-state index contributed by atoms with van der Waals surface area (Å²) in [4.78, 5) is 13.4. The van der Waals surface area contributed by atoms with Crippen LogP contribution in [0.2, 0.25) is 0 Å². The van der Waals surface area contributed by atoms with E-state index in [1.54, 1.807) is 35.6 Å². The molecule has 47 heavy (non-hydrogen) atoms. The fourth-order valence-corrected chi connectivity index (χ4v) is 7.30. The van der Waals surface area contributed by atoms with Gasteiger partial charge in [0.15, 0.2) is 0 Å². The first-order valence-corrected chi connectivity index (χ1v) is 14.8. The molecular weight excluding hydrogens is 634 g/mol. The lowest BCUT2D eigenvalue weighted by atomic mass is 9.65. The lowest BCUT2D eigenvalue weighted by Gasteiger charge is -2.44. The number of nitrogens with zero attached hydrogens (tertiary/aromatic N) is 3. The third-order valence-electron chi connectivity index (χ3n) is 9.71. The summed E-state index contributed by atoms with van der Waals surface area (Å²) in [5.74, 6) is -1.68. The molecule has 0 saturated carbocycles. The zero-order valence-electron chi connectivity index (χ0n) is 26.0. The first-order chi connectivity index (χ1) is 21.7. The number of alkyl halides is 6. The number of fused-ring (bicyclic) bond motifs is 8. The molecule has 6 nitrogen and oxygen atoms in total. The molecule has 250 valence electrons. The number of urea groups is 1. The number of carbonyl (C=O) groups is 1. The number of para-hydroxylation sites is 1. The van der Waals surface area contributed by atoms with E-state index >= 15 is 8.78 Å². The zero-order chi connectivity index (χ0) is 34.6. The molecule has 3 heterocycles. The van der Waals surface area contributed by atoms with Crippen LogP contribution in [0.25, 0.3) is 11.3 Å². The van der Waals surface area contributed by atoms with Gasteiger partial charge in [-0.05, 0) is 69.5 Å². The Morgan fingerprint density at radius 2 is 1.68 bits per heavy atom. The number of primary amides is 1. The topological polar surface area (TPSA) is 76.2 Å². The number of aryl methyl sites for hydroxylation is 1. The molecule has 2 aromatic carbocycles. The fourth-order valence-electron chi connectivity index (χ4n) is 7.30. The summed E-state index contributed by atoms with van der Waals surface area (Å²) < 4.78 is 118. The third kappa shape index (κ3) is 4.69. The molecule has 1 aromatic heterocycles. The van der Waals surface area contributed by atoms with Crippen molar-refractivity contribution in [3.63, 3.8) is 0 Å². The maximum absolute atomic E-state index is 16.8. The summed E-state index contributed by atoms with van der Waals surface area (Å²) >= 11 is 0. The molecule has 0 spiro atoms. The van der Waals surface area contributed by atoms with Crippen molar-refractivity contribution in [2.45, 2.75) is 83.0 Å². The molecular formula is C33H31F8N5O. The number of amides is 2. The molecule has 3 aromatic rings. The molecule has 14 heteroatoms. The Kier molecular flexibility index (Phi) is 7.07. The smallest absolute Gasteiger partial charge is 0.352 e. The Bertz CT molecular complexity index is 1900. The van der Waals surface area contributed by atoms with Crippen LogP contribution in [0, 0.1) is 0 Å². The fraction of sp³-hybridized carbons (Fsp3) is 0.394. The Hall–Kier alpha value is -4.20. The van der Waals surface area contributed by atoms with Gasteiger partial charge in [-0.1, -0.05) is 25.1 Å². The first kappa shape index (κ1) is 32.7. The van der Waals surface area contributed by atoms with Crippen LogP contribution in [0.3, 0.4) is 0 Å². The second-order valence-corrected chi connectivity index (χ2v) is 13.0. The van der Waals surface area contributed by atoms with E-state index in [1.807, 2.05) is 13.0 Å². The maximum atomic E-state index is 16.8. The molecule has 6 rings (SSSR count). The average Bonchev–Trinajstić information content (AvgIpc) is 3.45. The summed E-state index contributed by atoms with van der Waals surface area (Å²) in [5.41, 5.74) is -0.0503. The zero-order valence-corrected chi connectivity index (χ0v) is 26.0. The number of aromatic nitrogens is 2. The van der Waals surface area contributed by atoms with Gasteiger partial charge in [0, 0.05) is 29.8 Å². The Labute approximate surface area is 264 Å². The minimum absolute atomic E-state index is 0.0669. The monoisotopic (exact) mass is 665 g/mol. The highest BCUT2D eigenvalue weighted by Crippen LogP contribution is 2.59. The van der Waals surface area contributed by atoms with E-state index in [4.69, 9.17) is 10.8 Å². The predicted molar refractivity (Wildman–Crippen MR) is 157 cm³/mol. The van der Waals surface area contributed by atoms with E-state index in [0.717, 1.165) is 11.6 Å². The van der Waals surface area contributed by atoms with Gasteiger partial charge < -0.3 is 11.1 Å². The van der Waals surface area contributed by atoms with Crippen molar-refractivity contribution in [2.24, 2.45) is 5.73 Å². The van der Waals surface area contributed by atoms with Gasteiger partial charge in [-0.25, -0.2) is 18.3 Å². The number of nitrogens with two attached hydrogens (primary N) is 1. The van der Waals surface area contributed by atoms with Crippen LogP contribution in [0.15, 0.2) is 54.1 Å². The molecule has 1 aliphatic carbocycles. The molecule has 2 aliphatic heterocycles. The first-order valence-electron chi connectivity index (χ1n) is 14.8. The van der Waals surface area contributed by atoms with Crippen molar-refractivity contribution in [1.29, 1.82) is 0 Å². The van der Waals surface area contributed by atoms with E-state index in [9.17, 15) is 31.1 Å². The number of hydrogen-bond acceptors (Lipinski definition) is 3. The minimum atomic E-state index is -4.93. The van der Waals surface area contributed by atoms with Crippen LogP contribution in [0.4, 0.5) is 39.9 Å². The normalized spacial score (nSPS) is 23.6. The van der Waals surface area contributed by atoms with Crippen LogP contribution in [0.1, 0.15) is 79.4 Å². The molecule has 3 N–H and O–H groups in total. The van der Waals surface area contributed by atoms with E-state index < -0.39 is 69.8 Å². The summed E-state index contributed by atoms with van der Waals surface area (Å²) in [5, 5.41) is 7.16. The van der Waals surface area contributed by atoms with E-state index in [-0.39, 0.29) is 17.8 Å². The van der Waals surface area contributed by atoms with Gasteiger partial charge in [-0.3, -0.25) is 4.90 Å². The second-order valence-electron chi connectivity index (χ2n) is 13.0. The molecule has 0 fully saturated rings. The van der Waals surface area contributed by atoms with Gasteiger partial charge in [0.25, 0.3) is 0 Å². The highest BCUT2D eigenvalue weighted by atomic mass is 19.4. The number of rotatable bonds is 4. The SMILES string of the molecule is CCc1cccc2c1-n1nc3c(c1C1(C)C(F)=CC(C)(NC(N)=O)C(F)=C21)CN(Cc1cc(C(F)(F)F)ccc1C(F)(F)F)C3(C)C. The standard InChI is InChI=1S/C33H31F8N5O/c1-6-16-8-7-9-19-23-25(35)30(4,43-28(42)47)13-22(34)31(23,5)27-20-15-45(29(2,3)26(20)44-46(27)24(16)19)14-17-12-18(32(36,37)38)10-11-21(17)33(39,40)41/h7-13H,6,14-15H2,1-5H3,(H3,42,43,47). The number of benzene rings is 2. The van der Waals surface area contributed by atoms with Gasteiger partial charge in [0.1, 0.15) is 17.2 Å². The van der Waals surface area contributed by atoms with Crippen molar-refractivity contribution >= 4 is 11.6 Å². The molecule has 2 amide bonds. The summed E-state index contributed by atoms with van der Waals surface area (Å²) in [6.45, 7) is 7.31. The van der Waals surface area contributed by atoms with Crippen LogP contribution in [0.5, 0.6) is 0 Å². The molecule has 0 bridgehead atoms. The molecule has 2 unspecified atom stereocenters. The lowest BCUT2D eigenvalue weighted by Crippen LogP contribution is -2.52. The molecule has 2 atom stereocenters. The van der Waals surface area contributed by atoms with Gasteiger partial charge in [0.2, 0.25) is 0 Å². The Balaban J connectivity index is 1.56. The highest BCUT2D eigenvalue weighted by Gasteiger charge is 2.57. The number of carbonyl (C=O) groups excluding carboxylic acids is 1. The number of nitrogens with one attached hydrogen (secondary N) is 1. The number of hydrogen-bond donors (Lipinski definition) is 2. The van der Waals surface area contributed by atoms with Crippen molar-refractivity contribution in [1.82, 2.24) is 20.0 Å². The van der Waals surface area contributed by atoms with Crippen molar-refractivity contribution in [2.75, 3.05) is 0 Å². The van der Waals surface area contributed by atoms with Crippen molar-refractivity contribution < 1.29 is 39.9 Å². The van der Waals surface area contributed by atoms with Gasteiger partial charge in [-0.2, -0.15) is 31.4 Å². The van der Waals surface area contributed by atoms with Gasteiger partial charge in [0.05, 0.1) is 39.2 Å². The summed E-state index contributed by atoms with van der Waals surface area (Å²) in [6, 6.07) is 5.39. The van der Waals surface area contributed by atoms with Crippen LogP contribution < -0.4 is 11.1 Å². The van der Waals surface area contributed by atoms with Gasteiger partial charge >= 0.3 is 18.4 Å². The lowest BCUT2D eigenvalue weighted by molar-refractivity contribution is -0.142. The Morgan fingerprint density at radius 3 is 2.28 bits per heavy atom. The molecule has 0 radical (unpaired) electrons. The van der Waals surface area contributed by atoms with Crippen LogP contribution in [-0.4, -0.2) is 26.3 Å². The van der Waals surface area contributed by atoms with Crippen molar-refractivity contribution in [3.8, 4) is 5.69 Å². The van der Waals surface area contributed by atoms with Crippen LogP contribution in [-0.2, 0) is 42.8 Å². The number of halogens is 8. The largest absolute Gasteiger partial charge is 0.416 e.